The second-order valence-electron chi connectivity index (χ2n) is 5.62. The molecule has 2 rings (SSSR count). The van der Waals surface area contributed by atoms with Crippen LogP contribution in [0.3, 0.4) is 0 Å². The Bertz CT molecular complexity index is 406. The fourth-order valence-electron chi connectivity index (χ4n) is 2.93. The maximum atomic E-state index is 4.47. The Morgan fingerprint density at radius 2 is 2.11 bits per heavy atom. The van der Waals surface area contributed by atoms with Crippen molar-refractivity contribution in [1.82, 2.24) is 15.1 Å². The smallest absolute Gasteiger partial charge is 0.0827 e. The minimum Gasteiger partial charge on any atom is -0.363 e. The third-order valence-electron chi connectivity index (χ3n) is 4.43. The van der Waals surface area contributed by atoms with Gasteiger partial charge in [-0.25, -0.2) is 0 Å². The van der Waals surface area contributed by atoms with E-state index in [1.807, 2.05) is 11.7 Å². The van der Waals surface area contributed by atoms with Crippen molar-refractivity contribution in [2.45, 2.75) is 52.1 Å². The topological polar surface area (TPSA) is 33.1 Å². The minimum atomic E-state index is 0.259. The van der Waals surface area contributed by atoms with Crippen LogP contribution >= 0.6 is 0 Å². The van der Waals surface area contributed by atoms with Gasteiger partial charge in [0.25, 0.3) is 0 Å². The molecule has 102 valence electrons. The monoisotopic (exact) mass is 250 g/mol. The van der Waals surface area contributed by atoms with Gasteiger partial charge in [0, 0.05) is 37.9 Å². The molecule has 0 radical (unpaired) electrons. The first-order chi connectivity index (χ1) is 8.51. The molecule has 4 heteroatoms. The molecule has 1 aromatic rings. The van der Waals surface area contributed by atoms with E-state index in [9.17, 15) is 0 Å². The number of hydrogen-bond donors (Lipinski definition) is 1. The Morgan fingerprint density at radius 1 is 1.44 bits per heavy atom. The van der Waals surface area contributed by atoms with Crippen LogP contribution in [-0.4, -0.2) is 34.5 Å². The van der Waals surface area contributed by atoms with Gasteiger partial charge in [-0.15, -0.1) is 0 Å². The highest BCUT2D eigenvalue weighted by Gasteiger charge is 2.36. The molecule has 4 nitrogen and oxygen atoms in total. The molecule has 2 heterocycles. The van der Waals surface area contributed by atoms with E-state index in [1.54, 1.807) is 0 Å². The highest BCUT2D eigenvalue weighted by Crippen LogP contribution is 2.28. The van der Waals surface area contributed by atoms with Gasteiger partial charge in [0.1, 0.15) is 0 Å². The lowest BCUT2D eigenvalue weighted by Crippen LogP contribution is -2.63. The van der Waals surface area contributed by atoms with Gasteiger partial charge in [-0.3, -0.25) is 4.68 Å². The quantitative estimate of drug-likeness (QED) is 0.891. The number of aromatic nitrogens is 2. The number of rotatable bonds is 3. The largest absolute Gasteiger partial charge is 0.363 e. The molecule has 0 spiro atoms. The van der Waals surface area contributed by atoms with E-state index in [2.05, 4.69) is 49.2 Å². The van der Waals surface area contributed by atoms with Gasteiger partial charge in [0.05, 0.1) is 11.4 Å². The normalized spacial score (nSPS) is 23.4. The maximum Gasteiger partial charge on any atom is 0.0827 e. The summed E-state index contributed by atoms with van der Waals surface area (Å²) < 4.78 is 1.92. The number of nitrogens with one attached hydrogen (secondary N) is 1. The summed E-state index contributed by atoms with van der Waals surface area (Å²) in [5.41, 5.74) is 2.68. The van der Waals surface area contributed by atoms with Gasteiger partial charge in [-0.2, -0.15) is 5.10 Å². The van der Waals surface area contributed by atoms with Gasteiger partial charge in [-0.1, -0.05) is 13.8 Å². The molecular weight excluding hydrogens is 224 g/mol. The Kier molecular flexibility index (Phi) is 3.66. The zero-order chi connectivity index (χ0) is 13.3. The number of aryl methyl sites for hydroxylation is 2. The fourth-order valence-corrected chi connectivity index (χ4v) is 2.93. The average Bonchev–Trinajstić information content (AvgIpc) is 2.70. The van der Waals surface area contributed by atoms with Crippen molar-refractivity contribution < 1.29 is 0 Å². The lowest BCUT2D eigenvalue weighted by atomic mass is 9.88. The van der Waals surface area contributed by atoms with Crippen LogP contribution < -0.4 is 10.2 Å². The standard InChI is InChI=1S/C14H26N4/c1-6-14(7-2)10-18(11(3)8-15-14)13-9-17(5)16-12(13)4/h9,11,15H,6-8,10H2,1-5H3. The molecule has 0 bridgehead atoms. The maximum absolute atomic E-state index is 4.47. The van der Waals surface area contributed by atoms with E-state index in [0.717, 1.165) is 18.8 Å². The molecule has 1 aliphatic heterocycles. The first-order valence-electron chi connectivity index (χ1n) is 7.03. The third kappa shape index (κ3) is 2.26. The molecule has 1 N–H and O–H groups in total. The SMILES string of the molecule is CCC1(CC)CN(c2cn(C)nc2C)C(C)CN1. The van der Waals surface area contributed by atoms with E-state index in [4.69, 9.17) is 0 Å². The Balaban J connectivity index is 2.28. The Morgan fingerprint density at radius 3 is 2.61 bits per heavy atom. The summed E-state index contributed by atoms with van der Waals surface area (Å²) in [6.45, 7) is 11.1. The van der Waals surface area contributed by atoms with Crippen LogP contribution in [0.25, 0.3) is 0 Å². The van der Waals surface area contributed by atoms with Gasteiger partial charge in [0.2, 0.25) is 0 Å². The molecule has 1 unspecified atom stereocenters. The summed E-state index contributed by atoms with van der Waals surface area (Å²) in [5, 5.41) is 8.21. The zero-order valence-electron chi connectivity index (χ0n) is 12.3. The Hall–Kier alpha value is -1.03. The van der Waals surface area contributed by atoms with Crippen LogP contribution in [0, 0.1) is 6.92 Å². The van der Waals surface area contributed by atoms with E-state index in [1.165, 1.54) is 18.5 Å². The lowest BCUT2D eigenvalue weighted by Gasteiger charge is -2.47. The molecule has 1 aliphatic rings. The summed E-state index contributed by atoms with van der Waals surface area (Å²) in [7, 11) is 2.00. The number of piperazine rings is 1. The number of nitrogens with zero attached hydrogens (tertiary/aromatic N) is 3. The molecule has 0 saturated carbocycles. The summed E-state index contributed by atoms with van der Waals surface area (Å²) in [6, 6.07) is 0.527. The predicted octanol–water partition coefficient (Wildman–Crippen LogP) is 2.09. The van der Waals surface area contributed by atoms with E-state index < -0.39 is 0 Å². The second kappa shape index (κ2) is 4.92. The summed E-state index contributed by atoms with van der Waals surface area (Å²) in [4.78, 5) is 2.52. The van der Waals surface area contributed by atoms with E-state index >= 15 is 0 Å². The predicted molar refractivity (Wildman–Crippen MR) is 76.1 cm³/mol. The van der Waals surface area contributed by atoms with Crippen LogP contribution in [-0.2, 0) is 7.05 Å². The van der Waals surface area contributed by atoms with Crippen molar-refractivity contribution in [1.29, 1.82) is 0 Å². The molecule has 0 amide bonds. The van der Waals surface area contributed by atoms with Crippen molar-refractivity contribution in [3.05, 3.63) is 11.9 Å². The summed E-state index contributed by atoms with van der Waals surface area (Å²) in [5.74, 6) is 0. The third-order valence-corrected chi connectivity index (χ3v) is 4.43. The summed E-state index contributed by atoms with van der Waals surface area (Å²) in [6.07, 6.45) is 4.49. The van der Waals surface area contributed by atoms with Crippen molar-refractivity contribution in [2.75, 3.05) is 18.0 Å². The van der Waals surface area contributed by atoms with E-state index in [-0.39, 0.29) is 5.54 Å². The molecule has 0 aromatic carbocycles. The van der Waals surface area contributed by atoms with E-state index in [0.29, 0.717) is 6.04 Å². The second-order valence-corrected chi connectivity index (χ2v) is 5.62. The van der Waals surface area contributed by atoms with Gasteiger partial charge in [-0.05, 0) is 26.7 Å². The van der Waals surface area contributed by atoms with Crippen molar-refractivity contribution in [3.8, 4) is 0 Å². The first-order valence-corrected chi connectivity index (χ1v) is 7.03. The molecule has 0 aliphatic carbocycles. The van der Waals surface area contributed by atoms with Gasteiger partial charge < -0.3 is 10.2 Å². The van der Waals surface area contributed by atoms with Crippen LogP contribution in [0.15, 0.2) is 6.20 Å². The average molecular weight is 250 g/mol. The zero-order valence-corrected chi connectivity index (χ0v) is 12.3. The number of anilines is 1. The molecular formula is C14H26N4. The molecule has 1 saturated heterocycles. The van der Waals surface area contributed by atoms with Gasteiger partial charge in [0.15, 0.2) is 0 Å². The fraction of sp³-hybridized carbons (Fsp3) is 0.786. The lowest BCUT2D eigenvalue weighted by molar-refractivity contribution is 0.253. The highest BCUT2D eigenvalue weighted by molar-refractivity contribution is 5.51. The summed E-state index contributed by atoms with van der Waals surface area (Å²) >= 11 is 0. The van der Waals surface area contributed by atoms with Crippen molar-refractivity contribution >= 4 is 5.69 Å². The van der Waals surface area contributed by atoms with Crippen LogP contribution in [0.1, 0.15) is 39.3 Å². The molecule has 1 aromatic heterocycles. The minimum absolute atomic E-state index is 0.259. The van der Waals surface area contributed by atoms with Crippen molar-refractivity contribution in [2.24, 2.45) is 7.05 Å². The molecule has 1 fully saturated rings. The number of hydrogen-bond acceptors (Lipinski definition) is 3. The van der Waals surface area contributed by atoms with Gasteiger partial charge >= 0.3 is 0 Å². The van der Waals surface area contributed by atoms with Crippen LogP contribution in [0.4, 0.5) is 5.69 Å². The van der Waals surface area contributed by atoms with Crippen LogP contribution in [0.5, 0.6) is 0 Å². The van der Waals surface area contributed by atoms with Crippen molar-refractivity contribution in [3.63, 3.8) is 0 Å². The Labute approximate surface area is 110 Å². The molecule has 1 atom stereocenters. The first kappa shape index (κ1) is 13.4. The van der Waals surface area contributed by atoms with Crippen LogP contribution in [0.2, 0.25) is 0 Å². The highest BCUT2D eigenvalue weighted by atomic mass is 15.3. The molecule has 18 heavy (non-hydrogen) atoms.